The zero-order valence-electron chi connectivity index (χ0n) is 23.9. The highest BCUT2D eigenvalue weighted by Crippen LogP contribution is 2.50. The molecule has 0 saturated carbocycles. The third-order valence-corrected chi connectivity index (χ3v) is 9.79. The van der Waals surface area contributed by atoms with Gasteiger partial charge in [-0.25, -0.2) is 4.79 Å². The molecular weight excluding hydrogens is 590 g/mol. The number of benzene rings is 2. The van der Waals surface area contributed by atoms with Gasteiger partial charge < -0.3 is 35.6 Å². The molecule has 1 aromatic heterocycles. The number of anilines is 1. The van der Waals surface area contributed by atoms with Gasteiger partial charge in [-0.3, -0.25) is 24.0 Å². The van der Waals surface area contributed by atoms with Crippen molar-refractivity contribution in [1.29, 1.82) is 0 Å². The van der Waals surface area contributed by atoms with Crippen LogP contribution in [0.1, 0.15) is 48.3 Å². The number of fused-ring (bicyclic) bond motifs is 1. The summed E-state index contributed by atoms with van der Waals surface area (Å²) in [6.45, 7) is 5.25. The van der Waals surface area contributed by atoms with Crippen LogP contribution in [0.4, 0.5) is 5.69 Å². The van der Waals surface area contributed by atoms with Gasteiger partial charge in [0.25, 0.3) is 5.91 Å². The average Bonchev–Trinajstić information content (AvgIpc) is 3.49. The molecule has 5 N–H and O–H groups in total. The number of carbonyl (C=O) groups excluding carboxylic acids is 4. The molecule has 4 unspecified atom stereocenters. The highest BCUT2D eigenvalue weighted by molar-refractivity contribution is 8.01. The Labute approximate surface area is 254 Å². The third-order valence-electron chi connectivity index (χ3n) is 8.22. The number of aryl methyl sites for hydroxylation is 2. The van der Waals surface area contributed by atoms with E-state index in [2.05, 4.69) is 16.0 Å². The van der Waals surface area contributed by atoms with Crippen molar-refractivity contribution in [2.24, 2.45) is 0 Å². The molecule has 0 aliphatic carbocycles. The monoisotopic (exact) mass is 619 g/mol. The fraction of sp³-hybridized carbons (Fsp3) is 0.333. The molecule has 4 heterocycles. The van der Waals surface area contributed by atoms with Crippen LogP contribution in [0, 0.1) is 0 Å². The minimum atomic E-state index is -1.38. The quantitative estimate of drug-likeness (QED) is 0.243. The highest BCUT2D eigenvalue weighted by atomic mass is 32.2. The molecule has 4 atom stereocenters. The number of nitrogens with one attached hydrogen (secondary N) is 3. The van der Waals surface area contributed by atoms with Crippen molar-refractivity contribution in [3.05, 3.63) is 69.5 Å². The summed E-state index contributed by atoms with van der Waals surface area (Å²) < 4.78 is 0.966. The van der Waals surface area contributed by atoms with Crippen LogP contribution in [-0.4, -0.2) is 71.5 Å². The van der Waals surface area contributed by atoms with E-state index >= 15 is 0 Å². The molecule has 0 spiro atoms. The number of carboxylic acids is 1. The van der Waals surface area contributed by atoms with Crippen molar-refractivity contribution in [2.45, 2.75) is 62.0 Å². The van der Waals surface area contributed by atoms with Gasteiger partial charge in [-0.2, -0.15) is 0 Å². The van der Waals surface area contributed by atoms with Crippen LogP contribution in [0.5, 0.6) is 5.75 Å². The summed E-state index contributed by atoms with van der Waals surface area (Å²) in [6, 6.07) is 5.50. The van der Waals surface area contributed by atoms with Crippen LogP contribution in [0.3, 0.4) is 0 Å². The predicted molar refractivity (Wildman–Crippen MR) is 160 cm³/mol. The van der Waals surface area contributed by atoms with Gasteiger partial charge in [0, 0.05) is 24.4 Å². The number of carbonyl (C=O) groups is 5. The summed E-state index contributed by atoms with van der Waals surface area (Å²) in [6.07, 6.45) is 2.06. The standard InChI is InChI=1S/C30H29N5O8S/c1-13(36)31-18-9-6-15-10-11-34-12-17(23(38)19(18)22(15)34)25(39)32-20(14-4-7-16(37)8-5-14)26(40)33-21-27(41)35-24(29(42)43)30(2,3)44-28(21)35/h4-9,12,20-21,24,28,37H,10-11H2,1-3H3,(H,31,36)(H,32,39)(H,33,40)(H,42,43). The van der Waals surface area contributed by atoms with Gasteiger partial charge >= 0.3 is 5.97 Å². The van der Waals surface area contributed by atoms with E-state index < -0.39 is 57.4 Å². The fourth-order valence-corrected chi connectivity index (χ4v) is 7.86. The number of amides is 4. The summed E-state index contributed by atoms with van der Waals surface area (Å²) in [4.78, 5) is 79.1. The topological polar surface area (TPSA) is 187 Å². The molecule has 0 radical (unpaired) electrons. The molecule has 2 aromatic carbocycles. The smallest absolute Gasteiger partial charge is 0.327 e. The second-order valence-electron chi connectivity index (χ2n) is 11.6. The maximum Gasteiger partial charge on any atom is 0.327 e. The lowest BCUT2D eigenvalue weighted by molar-refractivity contribution is -0.161. The van der Waals surface area contributed by atoms with Gasteiger partial charge in [-0.05, 0) is 49.6 Å². The fourth-order valence-electron chi connectivity index (χ4n) is 6.24. The summed E-state index contributed by atoms with van der Waals surface area (Å²) in [5.41, 5.74) is 1.19. The van der Waals surface area contributed by atoms with Crippen molar-refractivity contribution in [3.8, 4) is 5.75 Å². The number of carboxylic acid groups (broad SMARTS) is 1. The van der Waals surface area contributed by atoms with Gasteiger partial charge in [0.05, 0.1) is 16.6 Å². The predicted octanol–water partition coefficient (Wildman–Crippen LogP) is 1.32. The van der Waals surface area contributed by atoms with E-state index in [1.54, 1.807) is 24.5 Å². The average molecular weight is 620 g/mol. The second kappa shape index (κ2) is 10.4. The van der Waals surface area contributed by atoms with E-state index in [1.165, 1.54) is 54.0 Å². The van der Waals surface area contributed by atoms with Gasteiger partial charge in [-0.15, -0.1) is 11.8 Å². The van der Waals surface area contributed by atoms with Crippen LogP contribution in [-0.2, 0) is 32.1 Å². The molecule has 4 amide bonds. The number of rotatable bonds is 7. The number of hydrogen-bond donors (Lipinski definition) is 5. The molecule has 6 rings (SSSR count). The Morgan fingerprint density at radius 1 is 1.07 bits per heavy atom. The molecule has 228 valence electrons. The van der Waals surface area contributed by atoms with E-state index in [4.69, 9.17) is 0 Å². The van der Waals surface area contributed by atoms with Crippen molar-refractivity contribution in [2.75, 3.05) is 5.32 Å². The summed E-state index contributed by atoms with van der Waals surface area (Å²) in [5, 5.41) is 27.0. The van der Waals surface area contributed by atoms with Crippen molar-refractivity contribution in [1.82, 2.24) is 20.1 Å². The summed E-state index contributed by atoms with van der Waals surface area (Å²) in [5.74, 6) is -3.77. The number of thioether (sulfide) groups is 1. The minimum absolute atomic E-state index is 0.0783. The van der Waals surface area contributed by atoms with Gasteiger partial charge in [0.15, 0.2) is 0 Å². The number of aromatic nitrogens is 1. The number of β-lactam (4-membered cyclic amide) rings is 1. The molecule has 3 aromatic rings. The second-order valence-corrected chi connectivity index (χ2v) is 13.3. The first-order valence-electron chi connectivity index (χ1n) is 13.9. The van der Waals surface area contributed by atoms with Crippen LogP contribution >= 0.6 is 11.8 Å². The first kappa shape index (κ1) is 29.2. The lowest BCUT2D eigenvalue weighted by Crippen LogP contribution is -2.71. The molecule has 13 nitrogen and oxygen atoms in total. The Kier molecular flexibility index (Phi) is 6.91. The largest absolute Gasteiger partial charge is 0.508 e. The molecule has 44 heavy (non-hydrogen) atoms. The molecule has 3 aliphatic heterocycles. The first-order chi connectivity index (χ1) is 20.8. The van der Waals surface area contributed by atoms with E-state index in [1.807, 2.05) is 6.07 Å². The Balaban J connectivity index is 1.32. The number of aromatic hydroxyl groups is 1. The molecular formula is C30H29N5O8S. The highest BCUT2D eigenvalue weighted by Gasteiger charge is 2.64. The van der Waals surface area contributed by atoms with Crippen LogP contribution < -0.4 is 21.4 Å². The third kappa shape index (κ3) is 4.65. The SMILES string of the molecule is CC(=O)Nc1ccc2c3c1c(=O)c(C(=O)NC(C(=O)NC1C(=O)N4C1SC(C)(C)C4C(=O)O)c1ccc(O)cc1)cn3CC2. The van der Waals surface area contributed by atoms with Crippen molar-refractivity contribution in [3.63, 3.8) is 0 Å². The number of hydrogen-bond acceptors (Lipinski definition) is 8. The number of nitrogens with zero attached hydrogens (tertiary/aromatic N) is 2. The molecule has 0 bridgehead atoms. The Morgan fingerprint density at radius 3 is 2.43 bits per heavy atom. The van der Waals surface area contributed by atoms with Crippen molar-refractivity contribution < 1.29 is 34.2 Å². The molecule has 2 saturated heterocycles. The molecule has 14 heteroatoms. The normalized spacial score (nSPS) is 21.8. The summed E-state index contributed by atoms with van der Waals surface area (Å²) >= 11 is 1.26. The van der Waals surface area contributed by atoms with Gasteiger partial charge in [0.1, 0.15) is 34.8 Å². The van der Waals surface area contributed by atoms with Crippen LogP contribution in [0.15, 0.2) is 47.4 Å². The Morgan fingerprint density at radius 2 is 1.77 bits per heavy atom. The van der Waals surface area contributed by atoms with E-state index in [9.17, 15) is 39.0 Å². The summed E-state index contributed by atoms with van der Waals surface area (Å²) in [7, 11) is 0. The maximum absolute atomic E-state index is 13.7. The number of phenolic OH excluding ortho intramolecular Hbond substituents is 1. The zero-order valence-corrected chi connectivity index (χ0v) is 24.7. The van der Waals surface area contributed by atoms with Gasteiger partial charge in [0.2, 0.25) is 23.2 Å². The zero-order chi connectivity index (χ0) is 31.7. The van der Waals surface area contributed by atoms with Crippen LogP contribution in [0.2, 0.25) is 0 Å². The lowest BCUT2D eigenvalue weighted by Gasteiger charge is -2.44. The Hall–Kier alpha value is -4.85. The van der Waals surface area contributed by atoms with Crippen LogP contribution in [0.25, 0.3) is 10.9 Å². The van der Waals surface area contributed by atoms with E-state index in [0.717, 1.165) is 5.56 Å². The number of pyridine rings is 1. The maximum atomic E-state index is 13.7. The minimum Gasteiger partial charge on any atom is -0.508 e. The molecule has 2 fully saturated rings. The number of aliphatic carboxylic acids is 1. The molecule has 3 aliphatic rings. The van der Waals surface area contributed by atoms with Gasteiger partial charge in [-0.1, -0.05) is 18.2 Å². The lowest BCUT2D eigenvalue weighted by atomic mass is 9.95. The van der Waals surface area contributed by atoms with Crippen molar-refractivity contribution >= 4 is 58.0 Å². The van der Waals surface area contributed by atoms with E-state index in [-0.39, 0.29) is 33.9 Å². The first-order valence-corrected chi connectivity index (χ1v) is 14.8. The van der Waals surface area contributed by atoms with E-state index in [0.29, 0.717) is 18.5 Å². The number of phenols is 1. The Bertz CT molecular complexity index is 1840.